The molecule has 1 aromatic heterocycles. The van der Waals surface area contributed by atoms with Gasteiger partial charge in [0.2, 0.25) is 0 Å². The van der Waals surface area contributed by atoms with Gasteiger partial charge in [-0.05, 0) is 25.0 Å². The molecule has 1 aromatic carbocycles. The molecule has 2 aromatic rings. The van der Waals surface area contributed by atoms with Crippen molar-refractivity contribution in [3.63, 3.8) is 0 Å². The molecule has 0 bridgehead atoms. The molecule has 1 heterocycles. The zero-order chi connectivity index (χ0) is 18.1. The van der Waals surface area contributed by atoms with Gasteiger partial charge in [-0.1, -0.05) is 43.6 Å². The number of hydrogen-bond acceptors (Lipinski definition) is 3. The monoisotopic (exact) mass is 362 g/mol. The Balaban J connectivity index is 1.95. The van der Waals surface area contributed by atoms with Gasteiger partial charge in [0.1, 0.15) is 12.2 Å². The summed E-state index contributed by atoms with van der Waals surface area (Å²) >= 11 is 6.29. The minimum Gasteiger partial charge on any atom is -0.355 e. The van der Waals surface area contributed by atoms with Crippen LogP contribution in [0.2, 0.25) is 5.02 Å². The lowest BCUT2D eigenvalue weighted by atomic mass is 10.1. The van der Waals surface area contributed by atoms with E-state index in [0.29, 0.717) is 0 Å². The number of aliphatic imine (C=N–C) groups is 1. The lowest BCUT2D eigenvalue weighted by Crippen LogP contribution is -2.40. The van der Waals surface area contributed by atoms with E-state index < -0.39 is 0 Å². The molecule has 2 N–H and O–H groups in total. The Morgan fingerprint density at radius 1 is 1.32 bits per heavy atom. The second-order valence-electron chi connectivity index (χ2n) is 5.84. The Morgan fingerprint density at radius 2 is 2.12 bits per heavy atom. The molecule has 136 valence electrons. The molecule has 0 saturated carbocycles. The van der Waals surface area contributed by atoms with Crippen molar-refractivity contribution in [3.05, 3.63) is 47.0 Å². The van der Waals surface area contributed by atoms with Crippen molar-refractivity contribution >= 4 is 17.6 Å². The largest absolute Gasteiger partial charge is 0.355 e. The van der Waals surface area contributed by atoms with Crippen LogP contribution in [0.1, 0.15) is 44.6 Å². The van der Waals surface area contributed by atoms with E-state index in [2.05, 4.69) is 51.2 Å². The highest BCUT2D eigenvalue weighted by molar-refractivity contribution is 6.31. The van der Waals surface area contributed by atoms with Crippen LogP contribution in [0.5, 0.6) is 0 Å². The Bertz CT molecular complexity index is 682. The Morgan fingerprint density at radius 3 is 2.84 bits per heavy atom. The second-order valence-corrected chi connectivity index (χ2v) is 6.25. The normalized spacial score (nSPS) is 12.9. The first-order chi connectivity index (χ1) is 12.2. The fourth-order valence-corrected chi connectivity index (χ4v) is 2.82. The van der Waals surface area contributed by atoms with Gasteiger partial charge < -0.3 is 15.2 Å². The van der Waals surface area contributed by atoms with Gasteiger partial charge in [-0.15, -0.1) is 10.2 Å². The average molecular weight is 363 g/mol. The minimum absolute atomic E-state index is 0.0675. The molecule has 0 radical (unpaired) electrons. The fourth-order valence-electron chi connectivity index (χ4n) is 2.52. The summed E-state index contributed by atoms with van der Waals surface area (Å²) in [7, 11) is 0. The van der Waals surface area contributed by atoms with Gasteiger partial charge in [0, 0.05) is 31.1 Å². The van der Waals surface area contributed by atoms with E-state index in [1.54, 1.807) is 6.33 Å². The number of hydrogen-bond donors (Lipinski definition) is 2. The van der Waals surface area contributed by atoms with E-state index in [9.17, 15) is 0 Å². The first-order valence-corrected chi connectivity index (χ1v) is 9.19. The quantitative estimate of drug-likeness (QED) is 0.559. The van der Waals surface area contributed by atoms with Crippen LogP contribution in [0.25, 0.3) is 0 Å². The Kier molecular flexibility index (Phi) is 7.73. The van der Waals surface area contributed by atoms with Gasteiger partial charge in [-0.25, -0.2) is 0 Å². The summed E-state index contributed by atoms with van der Waals surface area (Å²) < 4.78 is 2.06. The molecule has 0 aliphatic rings. The average Bonchev–Trinajstić information content (AvgIpc) is 3.07. The predicted molar refractivity (Wildman–Crippen MR) is 103 cm³/mol. The summed E-state index contributed by atoms with van der Waals surface area (Å²) in [5.74, 6) is 1.78. The van der Waals surface area contributed by atoms with Crippen LogP contribution >= 0.6 is 11.6 Å². The molecule has 0 spiro atoms. The molecule has 0 amide bonds. The van der Waals surface area contributed by atoms with Gasteiger partial charge in [0.25, 0.3) is 0 Å². The van der Waals surface area contributed by atoms with E-state index in [0.717, 1.165) is 54.8 Å². The van der Waals surface area contributed by atoms with Gasteiger partial charge in [-0.2, -0.15) is 0 Å². The van der Waals surface area contributed by atoms with Crippen LogP contribution in [0, 0.1) is 0 Å². The molecule has 7 heteroatoms. The standard InChI is InChI=1S/C18H27ClN6/c1-4-10-20-18(21-11-12-25-13-22-24-17(25)5-2)23-14(3)15-8-6-7-9-16(15)19/h6-9,13-14H,4-5,10-12H2,1-3H3,(H2,20,21,23). The zero-order valence-electron chi connectivity index (χ0n) is 15.2. The molecule has 0 fully saturated rings. The first kappa shape index (κ1) is 19.2. The maximum atomic E-state index is 6.29. The third-order valence-corrected chi connectivity index (χ3v) is 4.22. The molecular formula is C18H27ClN6. The van der Waals surface area contributed by atoms with Gasteiger partial charge in [0.15, 0.2) is 5.96 Å². The SMILES string of the molecule is CCCN=C(NCCn1cnnc1CC)NC(C)c1ccccc1Cl. The van der Waals surface area contributed by atoms with Crippen molar-refractivity contribution in [2.75, 3.05) is 13.1 Å². The zero-order valence-corrected chi connectivity index (χ0v) is 15.9. The molecule has 25 heavy (non-hydrogen) atoms. The second kappa shape index (κ2) is 10.0. The van der Waals surface area contributed by atoms with Crippen LogP contribution in [0.4, 0.5) is 0 Å². The topological polar surface area (TPSA) is 67.1 Å². The van der Waals surface area contributed by atoms with E-state index >= 15 is 0 Å². The third kappa shape index (κ3) is 5.74. The number of rotatable bonds is 8. The smallest absolute Gasteiger partial charge is 0.191 e. The number of halogens is 1. The highest BCUT2D eigenvalue weighted by atomic mass is 35.5. The Labute approximate surface area is 154 Å². The van der Waals surface area contributed by atoms with Crippen molar-refractivity contribution in [2.24, 2.45) is 4.99 Å². The molecule has 0 aliphatic carbocycles. The molecule has 0 aliphatic heterocycles. The van der Waals surface area contributed by atoms with Crippen molar-refractivity contribution in [1.82, 2.24) is 25.4 Å². The maximum absolute atomic E-state index is 6.29. The number of nitrogens with zero attached hydrogens (tertiary/aromatic N) is 4. The summed E-state index contributed by atoms with van der Waals surface area (Å²) in [6.45, 7) is 8.59. The van der Waals surface area contributed by atoms with Crippen molar-refractivity contribution in [2.45, 2.75) is 46.2 Å². The summed E-state index contributed by atoms with van der Waals surface area (Å²) in [5, 5.41) is 15.6. The van der Waals surface area contributed by atoms with Crippen LogP contribution in [-0.4, -0.2) is 33.8 Å². The van der Waals surface area contributed by atoms with E-state index in [-0.39, 0.29) is 6.04 Å². The first-order valence-electron chi connectivity index (χ1n) is 8.81. The van der Waals surface area contributed by atoms with Crippen molar-refractivity contribution in [1.29, 1.82) is 0 Å². The fraction of sp³-hybridized carbons (Fsp3) is 0.500. The maximum Gasteiger partial charge on any atom is 0.191 e. The van der Waals surface area contributed by atoms with Crippen molar-refractivity contribution < 1.29 is 0 Å². The third-order valence-electron chi connectivity index (χ3n) is 3.88. The number of aromatic nitrogens is 3. The van der Waals surface area contributed by atoms with Crippen molar-refractivity contribution in [3.8, 4) is 0 Å². The van der Waals surface area contributed by atoms with Crippen LogP contribution < -0.4 is 10.6 Å². The van der Waals surface area contributed by atoms with Gasteiger partial charge in [0.05, 0.1) is 6.04 Å². The number of benzene rings is 1. The highest BCUT2D eigenvalue weighted by Gasteiger charge is 2.11. The molecule has 0 saturated heterocycles. The summed E-state index contributed by atoms with van der Waals surface area (Å²) in [5.41, 5.74) is 1.06. The van der Waals surface area contributed by atoms with E-state index in [1.807, 2.05) is 24.3 Å². The molecule has 1 atom stereocenters. The summed E-state index contributed by atoms with van der Waals surface area (Å²) in [6.07, 6.45) is 3.64. The highest BCUT2D eigenvalue weighted by Crippen LogP contribution is 2.21. The molecule has 1 unspecified atom stereocenters. The number of guanidine groups is 1. The Hall–Kier alpha value is -2.08. The minimum atomic E-state index is 0.0675. The number of aryl methyl sites for hydroxylation is 1. The number of nitrogens with one attached hydrogen (secondary N) is 2. The molecule has 6 nitrogen and oxygen atoms in total. The van der Waals surface area contributed by atoms with Gasteiger partial charge >= 0.3 is 0 Å². The van der Waals surface area contributed by atoms with Crippen LogP contribution in [0.15, 0.2) is 35.6 Å². The molecular weight excluding hydrogens is 336 g/mol. The van der Waals surface area contributed by atoms with Crippen LogP contribution in [0.3, 0.4) is 0 Å². The lowest BCUT2D eigenvalue weighted by molar-refractivity contribution is 0.619. The summed E-state index contributed by atoms with van der Waals surface area (Å²) in [4.78, 5) is 4.61. The van der Waals surface area contributed by atoms with Crippen LogP contribution in [-0.2, 0) is 13.0 Å². The van der Waals surface area contributed by atoms with E-state index in [4.69, 9.17) is 11.6 Å². The van der Waals surface area contributed by atoms with E-state index in [1.165, 1.54) is 0 Å². The van der Waals surface area contributed by atoms with Gasteiger partial charge in [-0.3, -0.25) is 4.99 Å². The predicted octanol–water partition coefficient (Wildman–Crippen LogP) is 3.20. The lowest BCUT2D eigenvalue weighted by Gasteiger charge is -2.20. The summed E-state index contributed by atoms with van der Waals surface area (Å²) in [6, 6.07) is 7.94. The molecule has 2 rings (SSSR count).